The van der Waals surface area contributed by atoms with Crippen molar-refractivity contribution < 1.29 is 18.7 Å². The first-order chi connectivity index (χ1) is 17.3. The molecule has 0 unspecified atom stereocenters. The molecule has 1 saturated heterocycles. The standard InChI is InChI=1S/C23H31F2N5O2.C2H6.C2H4/c1-15(26-3)12-20(19-7-6-18(22(24)25)13-21(19)31)28-16(2)27-14-29-8-10-30(11-9-29)23(32)17-4-5-17;2*1-2/h6-7,12-13,17,22,26,31H,4-5,8-11,14H2,1-3H3;1-2H3;1-2H2/b15-12-,27-16+,28-20-;;. The molecule has 7 nitrogen and oxygen atoms in total. The fourth-order valence-electron chi connectivity index (χ4n) is 3.46. The molecule has 1 amide bonds. The largest absolute Gasteiger partial charge is 0.507 e. The third-order valence-corrected chi connectivity index (χ3v) is 5.69. The minimum absolute atomic E-state index is 0.245. The number of alkyl halides is 2. The number of allylic oxidation sites excluding steroid dienone is 2. The Morgan fingerprint density at radius 1 is 1.19 bits per heavy atom. The van der Waals surface area contributed by atoms with E-state index in [1.165, 1.54) is 12.1 Å². The van der Waals surface area contributed by atoms with Gasteiger partial charge in [0.25, 0.3) is 6.43 Å². The van der Waals surface area contributed by atoms with E-state index in [9.17, 15) is 18.7 Å². The predicted molar refractivity (Wildman–Crippen MR) is 144 cm³/mol. The molecule has 1 aromatic rings. The number of benzene rings is 1. The molecule has 0 spiro atoms. The van der Waals surface area contributed by atoms with Gasteiger partial charge in [-0.15, -0.1) is 13.2 Å². The second-order valence-electron chi connectivity index (χ2n) is 8.22. The van der Waals surface area contributed by atoms with E-state index in [0.717, 1.165) is 37.7 Å². The molecule has 0 bridgehead atoms. The van der Waals surface area contributed by atoms with Gasteiger partial charge in [0.15, 0.2) is 0 Å². The zero-order valence-corrected chi connectivity index (χ0v) is 22.2. The lowest BCUT2D eigenvalue weighted by molar-refractivity contribution is -0.134. The molecule has 1 saturated carbocycles. The number of amides is 1. The van der Waals surface area contributed by atoms with Crippen molar-refractivity contribution in [1.29, 1.82) is 0 Å². The lowest BCUT2D eigenvalue weighted by Gasteiger charge is -2.33. The molecule has 1 aliphatic carbocycles. The van der Waals surface area contributed by atoms with E-state index in [4.69, 9.17) is 0 Å². The summed E-state index contributed by atoms with van der Waals surface area (Å²) in [5, 5.41) is 13.3. The van der Waals surface area contributed by atoms with Crippen molar-refractivity contribution in [3.63, 3.8) is 0 Å². The highest BCUT2D eigenvalue weighted by Crippen LogP contribution is 2.31. The zero-order chi connectivity index (χ0) is 27.3. The number of carbonyl (C=O) groups is 1. The molecule has 1 heterocycles. The van der Waals surface area contributed by atoms with Gasteiger partial charge in [0.05, 0.1) is 12.4 Å². The number of piperazine rings is 1. The molecule has 2 N–H and O–H groups in total. The maximum absolute atomic E-state index is 12.9. The van der Waals surface area contributed by atoms with Crippen LogP contribution in [0.1, 0.15) is 58.1 Å². The van der Waals surface area contributed by atoms with Crippen molar-refractivity contribution in [2.45, 2.75) is 47.0 Å². The van der Waals surface area contributed by atoms with Gasteiger partial charge in [0.2, 0.25) is 5.91 Å². The van der Waals surface area contributed by atoms with Crippen LogP contribution >= 0.6 is 0 Å². The molecule has 200 valence electrons. The van der Waals surface area contributed by atoms with E-state index in [-0.39, 0.29) is 23.1 Å². The molecule has 1 aliphatic heterocycles. The van der Waals surface area contributed by atoms with E-state index in [2.05, 4.69) is 33.4 Å². The van der Waals surface area contributed by atoms with Crippen LogP contribution in [-0.4, -0.2) is 72.3 Å². The molecule has 1 aromatic carbocycles. The Hall–Kier alpha value is -3.07. The average molecular weight is 506 g/mol. The summed E-state index contributed by atoms with van der Waals surface area (Å²) in [5.41, 5.74) is 1.33. The molecule has 0 atom stereocenters. The van der Waals surface area contributed by atoms with Crippen LogP contribution in [0, 0.1) is 5.92 Å². The summed E-state index contributed by atoms with van der Waals surface area (Å²) in [4.78, 5) is 25.4. The monoisotopic (exact) mass is 505 g/mol. The molecule has 2 aliphatic rings. The molecule has 2 fully saturated rings. The van der Waals surface area contributed by atoms with Crippen LogP contribution in [0.25, 0.3) is 0 Å². The number of rotatable bonds is 7. The third-order valence-electron chi connectivity index (χ3n) is 5.69. The van der Waals surface area contributed by atoms with Gasteiger partial charge in [0.1, 0.15) is 11.6 Å². The molecular weight excluding hydrogens is 464 g/mol. The van der Waals surface area contributed by atoms with Gasteiger partial charge in [-0.3, -0.25) is 14.7 Å². The van der Waals surface area contributed by atoms with Gasteiger partial charge in [-0.05, 0) is 44.9 Å². The minimum atomic E-state index is -2.66. The first kappa shape index (κ1) is 31.0. The van der Waals surface area contributed by atoms with Crippen LogP contribution in [0.2, 0.25) is 0 Å². The van der Waals surface area contributed by atoms with E-state index in [0.29, 0.717) is 36.9 Å². The van der Waals surface area contributed by atoms with Crippen LogP contribution < -0.4 is 5.32 Å². The first-order valence-electron chi connectivity index (χ1n) is 12.4. The van der Waals surface area contributed by atoms with Gasteiger partial charge in [-0.1, -0.05) is 19.9 Å². The maximum Gasteiger partial charge on any atom is 0.263 e. The number of hydrogen-bond acceptors (Lipinski definition) is 5. The van der Waals surface area contributed by atoms with Crippen molar-refractivity contribution in [2.75, 3.05) is 39.9 Å². The summed E-state index contributed by atoms with van der Waals surface area (Å²) in [7, 11) is 1.76. The highest BCUT2D eigenvalue weighted by Gasteiger charge is 2.34. The van der Waals surface area contributed by atoms with Crippen molar-refractivity contribution in [3.05, 3.63) is 54.3 Å². The Labute approximate surface area is 214 Å². The van der Waals surface area contributed by atoms with Crippen molar-refractivity contribution in [1.82, 2.24) is 15.1 Å². The number of halogens is 2. The number of aliphatic imine (C=N–C) groups is 2. The van der Waals surface area contributed by atoms with Crippen LogP contribution in [0.4, 0.5) is 8.78 Å². The van der Waals surface area contributed by atoms with Crippen molar-refractivity contribution in [2.24, 2.45) is 15.9 Å². The van der Waals surface area contributed by atoms with Crippen molar-refractivity contribution >= 4 is 17.5 Å². The Morgan fingerprint density at radius 3 is 2.31 bits per heavy atom. The molecule has 36 heavy (non-hydrogen) atoms. The van der Waals surface area contributed by atoms with Crippen molar-refractivity contribution in [3.8, 4) is 5.75 Å². The summed E-state index contributed by atoms with van der Waals surface area (Å²) in [6.07, 6.45) is 1.11. The van der Waals surface area contributed by atoms with Gasteiger partial charge in [0, 0.05) is 56.0 Å². The number of phenols is 1. The summed E-state index contributed by atoms with van der Waals surface area (Å²) >= 11 is 0. The second-order valence-corrected chi connectivity index (χ2v) is 8.22. The van der Waals surface area contributed by atoms with Gasteiger partial charge in [-0.25, -0.2) is 13.8 Å². The topological polar surface area (TPSA) is 80.5 Å². The van der Waals surface area contributed by atoms with Crippen LogP contribution in [0.3, 0.4) is 0 Å². The molecule has 0 radical (unpaired) electrons. The number of hydrogen-bond donors (Lipinski definition) is 2. The Morgan fingerprint density at radius 2 is 1.81 bits per heavy atom. The highest BCUT2D eigenvalue weighted by atomic mass is 19.3. The van der Waals surface area contributed by atoms with Gasteiger partial charge in [-0.2, -0.15) is 0 Å². The fourth-order valence-corrected chi connectivity index (χ4v) is 3.46. The SMILES string of the molecule is C=C.CC.CN\C(C)=C/C(=N/C(C)=N/CN1CCN(C(=O)C2CC2)CC1)c1ccc(C(F)F)cc1O. The number of nitrogens with zero attached hydrogens (tertiary/aromatic N) is 4. The summed E-state index contributed by atoms with van der Waals surface area (Å²) < 4.78 is 25.9. The number of phenolic OH excluding ortho intramolecular Hbond substituents is 1. The molecule has 0 aromatic heterocycles. The fraction of sp³-hybridized carbons (Fsp3) is 0.519. The average Bonchev–Trinajstić information content (AvgIpc) is 3.75. The minimum Gasteiger partial charge on any atom is -0.507 e. The molecule has 3 rings (SSSR count). The maximum atomic E-state index is 12.9. The number of amidine groups is 1. The van der Waals surface area contributed by atoms with E-state index in [1.54, 1.807) is 20.0 Å². The van der Waals surface area contributed by atoms with E-state index < -0.39 is 6.43 Å². The molecule has 9 heteroatoms. The third kappa shape index (κ3) is 9.53. The van der Waals surface area contributed by atoms with E-state index >= 15 is 0 Å². The normalized spacial score (nSPS) is 17.1. The van der Waals surface area contributed by atoms with Crippen LogP contribution in [0.15, 0.2) is 53.1 Å². The first-order valence-corrected chi connectivity index (χ1v) is 12.4. The Balaban J connectivity index is 0.00000154. The van der Waals surface area contributed by atoms with Crippen LogP contribution in [0.5, 0.6) is 5.75 Å². The number of aromatic hydroxyl groups is 1. The lowest BCUT2D eigenvalue weighted by Crippen LogP contribution is -2.49. The lowest BCUT2D eigenvalue weighted by atomic mass is 10.0. The second kappa shape index (κ2) is 15.8. The summed E-state index contributed by atoms with van der Waals surface area (Å²) in [6, 6.07) is 3.79. The van der Waals surface area contributed by atoms with Crippen LogP contribution in [-0.2, 0) is 4.79 Å². The van der Waals surface area contributed by atoms with E-state index in [1.807, 2.05) is 25.7 Å². The van der Waals surface area contributed by atoms with Gasteiger partial charge < -0.3 is 15.3 Å². The summed E-state index contributed by atoms with van der Waals surface area (Å²) in [6.45, 7) is 17.0. The number of carbonyl (C=O) groups excluding carboxylic acids is 1. The Kier molecular flexibility index (Phi) is 13.6. The van der Waals surface area contributed by atoms with Gasteiger partial charge >= 0.3 is 0 Å². The summed E-state index contributed by atoms with van der Waals surface area (Å²) in [5.74, 6) is 0.776. The molecular formula is C27H41F2N5O2. The predicted octanol–water partition coefficient (Wildman–Crippen LogP) is 5.00. The Bertz CT molecular complexity index is 934. The smallest absolute Gasteiger partial charge is 0.263 e. The quantitative estimate of drug-likeness (QED) is 0.310. The number of nitrogens with one attached hydrogen (secondary N) is 1. The zero-order valence-electron chi connectivity index (χ0n) is 22.2. The highest BCUT2D eigenvalue weighted by molar-refractivity contribution is 6.15.